The molecule has 6 heteroatoms. The zero-order valence-electron chi connectivity index (χ0n) is 13.1. The lowest BCUT2D eigenvalue weighted by Crippen LogP contribution is -2.31. The molecule has 1 saturated carbocycles. The summed E-state index contributed by atoms with van der Waals surface area (Å²) in [4.78, 5) is 18.8. The maximum atomic E-state index is 14.4. The van der Waals surface area contributed by atoms with Gasteiger partial charge >= 0.3 is 0 Å². The van der Waals surface area contributed by atoms with E-state index in [0.29, 0.717) is 22.3 Å². The van der Waals surface area contributed by atoms with Crippen LogP contribution in [0.15, 0.2) is 42.9 Å². The number of aromatic amines is 1. The van der Waals surface area contributed by atoms with E-state index in [9.17, 15) is 9.18 Å². The van der Waals surface area contributed by atoms with Gasteiger partial charge in [0.05, 0.1) is 23.8 Å². The first kappa shape index (κ1) is 14.8. The normalized spacial score (nSPS) is 15.0. The van der Waals surface area contributed by atoms with Crippen molar-refractivity contribution < 1.29 is 9.18 Å². The first-order valence-corrected chi connectivity index (χ1v) is 8.10. The van der Waals surface area contributed by atoms with Crippen LogP contribution in [-0.2, 0) is 4.79 Å². The van der Waals surface area contributed by atoms with E-state index in [0.717, 1.165) is 25.7 Å². The van der Waals surface area contributed by atoms with Gasteiger partial charge in [-0.05, 0) is 31.0 Å². The predicted molar refractivity (Wildman–Crippen MR) is 89.4 cm³/mol. The molecule has 0 radical (unpaired) electrons. The molecule has 1 aromatic carbocycles. The molecule has 0 bridgehead atoms. The summed E-state index contributed by atoms with van der Waals surface area (Å²) in [6.45, 7) is 0. The highest BCUT2D eigenvalue weighted by Gasteiger charge is 2.29. The second-order valence-electron chi connectivity index (χ2n) is 6.13. The lowest BCUT2D eigenvalue weighted by Gasteiger charge is -2.25. The summed E-state index contributed by atoms with van der Waals surface area (Å²) >= 11 is 0. The zero-order valence-corrected chi connectivity index (χ0v) is 13.1. The maximum absolute atomic E-state index is 14.4. The third kappa shape index (κ3) is 2.54. The van der Waals surface area contributed by atoms with Gasteiger partial charge in [0.1, 0.15) is 5.52 Å². The fourth-order valence-corrected chi connectivity index (χ4v) is 3.37. The molecule has 1 fully saturated rings. The minimum atomic E-state index is -0.423. The number of fused-ring (bicyclic) bond motifs is 1. The van der Waals surface area contributed by atoms with Crippen molar-refractivity contribution in [3.05, 3.63) is 48.7 Å². The summed E-state index contributed by atoms with van der Waals surface area (Å²) in [5.74, 6) is -0.441. The Balaban J connectivity index is 1.83. The highest BCUT2D eigenvalue weighted by Crippen LogP contribution is 2.34. The van der Waals surface area contributed by atoms with Crippen LogP contribution in [0.2, 0.25) is 0 Å². The number of carbonyl (C=O) groups is 1. The summed E-state index contributed by atoms with van der Waals surface area (Å²) in [5, 5.41) is 7.15. The van der Waals surface area contributed by atoms with Gasteiger partial charge in [0.2, 0.25) is 5.91 Å². The van der Waals surface area contributed by atoms with Gasteiger partial charge in [0.15, 0.2) is 5.82 Å². The molecule has 1 amide bonds. The minimum Gasteiger partial charge on any atom is -0.279 e. The number of H-pyrrole nitrogens is 1. The molecular formula is C18H17FN4O. The van der Waals surface area contributed by atoms with Gasteiger partial charge in [-0.2, -0.15) is 5.10 Å². The molecule has 3 aromatic rings. The molecule has 0 spiro atoms. The largest absolute Gasteiger partial charge is 0.279 e. The van der Waals surface area contributed by atoms with Crippen LogP contribution in [0.3, 0.4) is 0 Å². The van der Waals surface area contributed by atoms with Crippen LogP contribution in [0.1, 0.15) is 25.7 Å². The van der Waals surface area contributed by atoms with Gasteiger partial charge in [0.25, 0.3) is 0 Å². The second kappa shape index (κ2) is 6.03. The highest BCUT2D eigenvalue weighted by molar-refractivity contribution is 6.03. The third-order valence-corrected chi connectivity index (χ3v) is 4.57. The third-order valence-electron chi connectivity index (χ3n) is 4.57. The number of aromatic nitrogens is 3. The van der Waals surface area contributed by atoms with E-state index in [-0.39, 0.29) is 11.8 Å². The molecular weight excluding hydrogens is 307 g/mol. The zero-order chi connectivity index (χ0) is 16.5. The number of amides is 1. The summed E-state index contributed by atoms with van der Waals surface area (Å²) in [6, 6.07) is 6.75. The van der Waals surface area contributed by atoms with Crippen LogP contribution in [0.25, 0.3) is 10.9 Å². The summed E-state index contributed by atoms with van der Waals surface area (Å²) in [5.41, 5.74) is 1.50. The average molecular weight is 324 g/mol. The molecule has 4 rings (SSSR count). The number of hydrogen-bond acceptors (Lipinski definition) is 3. The number of carbonyl (C=O) groups excluding carboxylic acids is 1. The SMILES string of the molecule is O=C(C1CCCC1)N(c1cccnc1)c1cc(F)c2[nH]ncc2c1. The minimum absolute atomic E-state index is 0.00254. The van der Waals surface area contributed by atoms with Crippen LogP contribution < -0.4 is 4.90 Å². The molecule has 0 aliphatic heterocycles. The fourth-order valence-electron chi connectivity index (χ4n) is 3.37. The first-order chi connectivity index (χ1) is 11.7. The lowest BCUT2D eigenvalue weighted by atomic mass is 10.1. The van der Waals surface area contributed by atoms with Crippen molar-refractivity contribution in [2.45, 2.75) is 25.7 Å². The Hall–Kier alpha value is -2.76. The Morgan fingerprint density at radius 3 is 2.79 bits per heavy atom. The van der Waals surface area contributed by atoms with E-state index < -0.39 is 5.82 Å². The number of hydrogen-bond donors (Lipinski definition) is 1. The average Bonchev–Trinajstić information content (AvgIpc) is 3.28. The Kier molecular flexibility index (Phi) is 3.72. The standard InChI is InChI=1S/C18H17FN4O/c19-16-9-15(8-13-10-21-22-17(13)16)23(14-6-3-7-20-11-14)18(24)12-4-1-2-5-12/h3,6-12H,1-2,4-5H2,(H,21,22). The molecule has 0 saturated heterocycles. The number of anilines is 2. The van der Waals surface area contributed by atoms with Crippen molar-refractivity contribution in [2.24, 2.45) is 5.92 Å². The van der Waals surface area contributed by atoms with Crippen LogP contribution in [0, 0.1) is 11.7 Å². The molecule has 2 aromatic heterocycles. The van der Waals surface area contributed by atoms with E-state index in [1.165, 1.54) is 6.07 Å². The van der Waals surface area contributed by atoms with Crippen molar-refractivity contribution in [3.8, 4) is 0 Å². The number of halogens is 1. The van der Waals surface area contributed by atoms with Crippen molar-refractivity contribution in [1.29, 1.82) is 0 Å². The van der Waals surface area contributed by atoms with Gasteiger partial charge < -0.3 is 0 Å². The topological polar surface area (TPSA) is 61.9 Å². The fraction of sp³-hybridized carbons (Fsp3) is 0.278. The van der Waals surface area contributed by atoms with E-state index in [1.54, 1.807) is 35.6 Å². The van der Waals surface area contributed by atoms with Crippen molar-refractivity contribution in [2.75, 3.05) is 4.90 Å². The molecule has 122 valence electrons. The van der Waals surface area contributed by atoms with Gasteiger partial charge in [-0.1, -0.05) is 12.8 Å². The molecule has 2 heterocycles. The van der Waals surface area contributed by atoms with Gasteiger partial charge in [-0.15, -0.1) is 0 Å². The maximum Gasteiger partial charge on any atom is 0.234 e. The molecule has 5 nitrogen and oxygen atoms in total. The number of benzene rings is 1. The number of nitrogens with one attached hydrogen (secondary N) is 1. The van der Waals surface area contributed by atoms with Crippen molar-refractivity contribution >= 4 is 28.2 Å². The number of pyridine rings is 1. The predicted octanol–water partition coefficient (Wildman–Crippen LogP) is 3.95. The molecule has 24 heavy (non-hydrogen) atoms. The Morgan fingerprint density at radius 2 is 2.04 bits per heavy atom. The Bertz CT molecular complexity index is 871. The van der Waals surface area contributed by atoms with Crippen molar-refractivity contribution in [3.63, 3.8) is 0 Å². The van der Waals surface area contributed by atoms with Crippen LogP contribution in [-0.4, -0.2) is 21.1 Å². The molecule has 0 atom stereocenters. The highest BCUT2D eigenvalue weighted by atomic mass is 19.1. The van der Waals surface area contributed by atoms with E-state index in [4.69, 9.17) is 0 Å². The molecule has 1 N–H and O–H groups in total. The first-order valence-electron chi connectivity index (χ1n) is 8.10. The van der Waals surface area contributed by atoms with Crippen LogP contribution >= 0.6 is 0 Å². The van der Waals surface area contributed by atoms with Gasteiger partial charge in [-0.3, -0.25) is 19.8 Å². The van der Waals surface area contributed by atoms with Gasteiger partial charge in [0, 0.05) is 23.6 Å². The summed E-state index contributed by atoms with van der Waals surface area (Å²) < 4.78 is 14.4. The van der Waals surface area contributed by atoms with Crippen LogP contribution in [0.5, 0.6) is 0 Å². The van der Waals surface area contributed by atoms with E-state index in [1.807, 2.05) is 6.07 Å². The monoisotopic (exact) mass is 324 g/mol. The molecule has 1 aliphatic rings. The second-order valence-corrected chi connectivity index (χ2v) is 6.13. The smallest absolute Gasteiger partial charge is 0.234 e. The van der Waals surface area contributed by atoms with Crippen LogP contribution in [0.4, 0.5) is 15.8 Å². The molecule has 1 aliphatic carbocycles. The van der Waals surface area contributed by atoms with E-state index in [2.05, 4.69) is 15.2 Å². The Morgan fingerprint density at radius 1 is 1.21 bits per heavy atom. The van der Waals surface area contributed by atoms with Gasteiger partial charge in [-0.25, -0.2) is 4.39 Å². The Labute approximate surface area is 138 Å². The number of nitrogens with zero attached hydrogens (tertiary/aromatic N) is 3. The summed E-state index contributed by atoms with van der Waals surface area (Å²) in [7, 11) is 0. The summed E-state index contributed by atoms with van der Waals surface area (Å²) in [6.07, 6.45) is 8.73. The quantitative estimate of drug-likeness (QED) is 0.793. The lowest BCUT2D eigenvalue weighted by molar-refractivity contribution is -0.121. The molecule has 0 unspecified atom stereocenters. The van der Waals surface area contributed by atoms with E-state index >= 15 is 0 Å². The number of rotatable bonds is 3. The van der Waals surface area contributed by atoms with Crippen molar-refractivity contribution in [1.82, 2.24) is 15.2 Å².